The van der Waals surface area contributed by atoms with E-state index in [1.165, 1.54) is 51.0 Å². The lowest BCUT2D eigenvalue weighted by molar-refractivity contribution is 0.181. The molecule has 1 atom stereocenters. The highest BCUT2D eigenvalue weighted by Gasteiger charge is 2.19. The minimum atomic E-state index is 0.880. The number of aliphatic imine (C=N–C) groups is 1. The highest BCUT2D eigenvalue weighted by Crippen LogP contribution is 2.16. The molecule has 2 aliphatic rings. The first kappa shape index (κ1) is 20.0. The van der Waals surface area contributed by atoms with Crippen LogP contribution in [0.1, 0.15) is 32.6 Å². The summed E-state index contributed by atoms with van der Waals surface area (Å²) in [5.41, 5.74) is 1.33. The van der Waals surface area contributed by atoms with Crippen LogP contribution in [0.15, 0.2) is 35.3 Å². The van der Waals surface area contributed by atoms with Gasteiger partial charge in [-0.05, 0) is 56.8 Å². The molecule has 1 N–H and O–H groups in total. The van der Waals surface area contributed by atoms with E-state index in [-0.39, 0.29) is 0 Å². The summed E-state index contributed by atoms with van der Waals surface area (Å²) in [5, 5.41) is 3.58. The average molecular weight is 372 g/mol. The monoisotopic (exact) mass is 371 g/mol. The second-order valence-corrected chi connectivity index (χ2v) is 8.04. The summed E-state index contributed by atoms with van der Waals surface area (Å²) < 4.78 is 0. The van der Waals surface area contributed by atoms with Gasteiger partial charge < -0.3 is 20.0 Å². The maximum Gasteiger partial charge on any atom is 0.193 e. The minimum absolute atomic E-state index is 0.880. The van der Waals surface area contributed by atoms with Gasteiger partial charge in [-0.2, -0.15) is 0 Å². The maximum atomic E-state index is 4.51. The van der Waals surface area contributed by atoms with E-state index in [0.29, 0.717) is 0 Å². The summed E-state index contributed by atoms with van der Waals surface area (Å²) in [6.07, 6.45) is 5.28. The largest absolute Gasteiger partial charge is 0.368 e. The van der Waals surface area contributed by atoms with Crippen molar-refractivity contribution >= 4 is 11.6 Å². The van der Waals surface area contributed by atoms with E-state index in [1.807, 2.05) is 7.05 Å². The summed E-state index contributed by atoms with van der Waals surface area (Å²) in [6.45, 7) is 11.4. The van der Waals surface area contributed by atoms with Crippen molar-refractivity contribution in [3.8, 4) is 0 Å². The number of benzene rings is 1. The smallest absolute Gasteiger partial charge is 0.193 e. The van der Waals surface area contributed by atoms with Crippen molar-refractivity contribution in [2.24, 2.45) is 10.9 Å². The molecule has 1 aromatic rings. The molecule has 0 amide bonds. The van der Waals surface area contributed by atoms with Crippen molar-refractivity contribution < 1.29 is 0 Å². The van der Waals surface area contributed by atoms with Crippen molar-refractivity contribution in [2.45, 2.75) is 32.6 Å². The van der Waals surface area contributed by atoms with Crippen molar-refractivity contribution in [3.05, 3.63) is 30.3 Å². The van der Waals surface area contributed by atoms with Gasteiger partial charge in [-0.3, -0.25) is 4.99 Å². The average Bonchev–Trinajstić information content (AvgIpc) is 2.72. The summed E-state index contributed by atoms with van der Waals surface area (Å²) in [7, 11) is 1.90. The van der Waals surface area contributed by atoms with Crippen molar-refractivity contribution in [3.63, 3.8) is 0 Å². The Morgan fingerprint density at radius 3 is 2.56 bits per heavy atom. The zero-order valence-electron chi connectivity index (χ0n) is 17.2. The van der Waals surface area contributed by atoms with Crippen LogP contribution in [-0.4, -0.2) is 75.2 Å². The summed E-state index contributed by atoms with van der Waals surface area (Å²) in [4.78, 5) is 12.0. The van der Waals surface area contributed by atoms with Crippen LogP contribution >= 0.6 is 0 Å². The van der Waals surface area contributed by atoms with Gasteiger partial charge in [0.1, 0.15) is 0 Å². The molecule has 2 saturated heterocycles. The number of rotatable bonds is 6. The van der Waals surface area contributed by atoms with E-state index < -0.39 is 0 Å². The topological polar surface area (TPSA) is 34.1 Å². The number of para-hydroxylation sites is 1. The molecule has 0 aromatic heterocycles. The number of hydrogen-bond donors (Lipinski definition) is 1. The predicted octanol–water partition coefficient (Wildman–Crippen LogP) is 2.90. The first-order valence-corrected chi connectivity index (χ1v) is 10.7. The fraction of sp³-hybridized carbons (Fsp3) is 0.682. The lowest BCUT2D eigenvalue weighted by Gasteiger charge is -2.37. The molecule has 0 spiro atoms. The molecule has 5 nitrogen and oxygen atoms in total. The highest BCUT2D eigenvalue weighted by atomic mass is 15.3. The summed E-state index contributed by atoms with van der Waals surface area (Å²) in [5.74, 6) is 1.94. The van der Waals surface area contributed by atoms with Crippen LogP contribution in [0.2, 0.25) is 0 Å². The molecule has 5 heteroatoms. The number of nitrogens with zero attached hydrogens (tertiary/aromatic N) is 4. The van der Waals surface area contributed by atoms with E-state index in [4.69, 9.17) is 0 Å². The summed E-state index contributed by atoms with van der Waals surface area (Å²) >= 11 is 0. The molecular weight excluding hydrogens is 334 g/mol. The Hall–Kier alpha value is -1.75. The van der Waals surface area contributed by atoms with Gasteiger partial charge in [0, 0.05) is 52.0 Å². The normalized spacial score (nSPS) is 22.1. The van der Waals surface area contributed by atoms with Crippen molar-refractivity contribution in [2.75, 3.05) is 64.3 Å². The highest BCUT2D eigenvalue weighted by molar-refractivity contribution is 5.80. The Balaban J connectivity index is 1.32. The molecule has 1 unspecified atom stereocenters. The zero-order chi connectivity index (χ0) is 18.9. The number of hydrogen-bond acceptors (Lipinski definition) is 3. The van der Waals surface area contributed by atoms with Crippen LogP contribution in [-0.2, 0) is 0 Å². The molecular formula is C22H37N5. The van der Waals surface area contributed by atoms with E-state index in [0.717, 1.165) is 44.6 Å². The first-order valence-electron chi connectivity index (χ1n) is 10.7. The number of nitrogens with one attached hydrogen (secondary N) is 1. The number of guanidine groups is 1. The van der Waals surface area contributed by atoms with Crippen molar-refractivity contribution in [1.29, 1.82) is 0 Å². The third kappa shape index (κ3) is 6.13. The Kier molecular flexibility index (Phi) is 7.81. The SMILES string of the molecule is CN=C(NCCCCN1CCCC(C)C1)N1CCN(c2ccccc2)CC1. The van der Waals surface area contributed by atoms with Gasteiger partial charge in [0.2, 0.25) is 0 Å². The molecule has 3 rings (SSSR count). The Morgan fingerprint density at radius 1 is 1.07 bits per heavy atom. The minimum Gasteiger partial charge on any atom is -0.368 e. The van der Waals surface area contributed by atoms with E-state index in [1.54, 1.807) is 0 Å². The zero-order valence-corrected chi connectivity index (χ0v) is 17.2. The molecule has 150 valence electrons. The number of anilines is 1. The number of piperazine rings is 1. The van der Waals surface area contributed by atoms with Gasteiger partial charge in [0.25, 0.3) is 0 Å². The van der Waals surface area contributed by atoms with E-state index in [2.05, 4.69) is 62.3 Å². The quantitative estimate of drug-likeness (QED) is 0.474. The molecule has 27 heavy (non-hydrogen) atoms. The van der Waals surface area contributed by atoms with Crippen LogP contribution in [0.25, 0.3) is 0 Å². The third-order valence-corrected chi connectivity index (χ3v) is 5.84. The fourth-order valence-electron chi connectivity index (χ4n) is 4.30. The molecule has 2 heterocycles. The van der Waals surface area contributed by atoms with Crippen LogP contribution in [0, 0.1) is 5.92 Å². The molecule has 0 radical (unpaired) electrons. The van der Waals surface area contributed by atoms with Gasteiger partial charge in [0.15, 0.2) is 5.96 Å². The Bertz CT molecular complexity index is 565. The van der Waals surface area contributed by atoms with Gasteiger partial charge >= 0.3 is 0 Å². The summed E-state index contributed by atoms with van der Waals surface area (Å²) in [6, 6.07) is 10.7. The molecule has 0 saturated carbocycles. The lowest BCUT2D eigenvalue weighted by Crippen LogP contribution is -2.52. The molecule has 2 aliphatic heterocycles. The Labute approximate surface area is 165 Å². The molecule has 0 bridgehead atoms. The first-order chi connectivity index (χ1) is 13.3. The number of likely N-dealkylation sites (tertiary alicyclic amines) is 1. The third-order valence-electron chi connectivity index (χ3n) is 5.84. The van der Waals surface area contributed by atoms with Crippen LogP contribution in [0.5, 0.6) is 0 Å². The molecule has 1 aromatic carbocycles. The maximum absolute atomic E-state index is 4.51. The van der Waals surface area contributed by atoms with E-state index >= 15 is 0 Å². The van der Waals surface area contributed by atoms with E-state index in [9.17, 15) is 0 Å². The molecule has 2 fully saturated rings. The van der Waals surface area contributed by atoms with Gasteiger partial charge in [-0.15, -0.1) is 0 Å². The lowest BCUT2D eigenvalue weighted by atomic mass is 10.0. The van der Waals surface area contributed by atoms with Gasteiger partial charge in [-0.25, -0.2) is 0 Å². The molecule has 0 aliphatic carbocycles. The van der Waals surface area contributed by atoms with Gasteiger partial charge in [-0.1, -0.05) is 25.1 Å². The number of unbranched alkanes of at least 4 members (excludes halogenated alkanes) is 1. The fourth-order valence-corrected chi connectivity index (χ4v) is 4.30. The van der Waals surface area contributed by atoms with Crippen LogP contribution in [0.3, 0.4) is 0 Å². The van der Waals surface area contributed by atoms with Gasteiger partial charge in [0.05, 0.1) is 0 Å². The second kappa shape index (κ2) is 10.5. The number of piperidine rings is 1. The van der Waals surface area contributed by atoms with Crippen LogP contribution < -0.4 is 10.2 Å². The Morgan fingerprint density at radius 2 is 1.85 bits per heavy atom. The standard InChI is InChI=1S/C22H37N5/c1-20-9-8-14-25(19-20)13-7-6-12-24-22(23-2)27-17-15-26(16-18-27)21-10-4-3-5-11-21/h3-5,10-11,20H,6-9,12-19H2,1-2H3,(H,23,24). The second-order valence-electron chi connectivity index (χ2n) is 8.04. The van der Waals surface area contributed by atoms with Crippen molar-refractivity contribution in [1.82, 2.24) is 15.1 Å². The predicted molar refractivity (Wildman–Crippen MR) is 116 cm³/mol. The van der Waals surface area contributed by atoms with Crippen LogP contribution in [0.4, 0.5) is 5.69 Å².